The number of amides is 2. The maximum atomic E-state index is 12.6. The zero-order valence-electron chi connectivity index (χ0n) is 11.7. The summed E-state index contributed by atoms with van der Waals surface area (Å²) in [6.45, 7) is 0. The molecule has 3 heterocycles. The summed E-state index contributed by atoms with van der Waals surface area (Å²) in [4.78, 5) is 41.7. The molecule has 0 saturated carbocycles. The summed E-state index contributed by atoms with van der Waals surface area (Å²) in [5.41, 5.74) is 0.0431. The second-order valence-corrected chi connectivity index (χ2v) is 5.69. The molecule has 1 aromatic carbocycles. The van der Waals surface area contributed by atoms with Gasteiger partial charge in [0.15, 0.2) is 5.69 Å². The Labute approximate surface area is 132 Å². The van der Waals surface area contributed by atoms with Gasteiger partial charge in [-0.15, -0.1) is 0 Å². The molecule has 0 N–H and O–H groups in total. The molecule has 0 radical (unpaired) electrons. The maximum absolute atomic E-state index is 12.6. The van der Waals surface area contributed by atoms with E-state index in [-0.39, 0.29) is 15.5 Å². The summed E-state index contributed by atoms with van der Waals surface area (Å²) in [6, 6.07) is 6.58. The standard InChI is InChI=1S/C14H8N4O4S/c1-22-8-4-2-7(3-5-8)17-12(20)10-11(13(17)21)23-14-16-9(19)6-15-18(10)14/h2-6H,1H3. The van der Waals surface area contributed by atoms with Crippen LogP contribution in [0.15, 0.2) is 35.3 Å². The van der Waals surface area contributed by atoms with Gasteiger partial charge in [-0.25, -0.2) is 4.90 Å². The number of nitrogens with zero attached hydrogens (tertiary/aromatic N) is 4. The van der Waals surface area contributed by atoms with Gasteiger partial charge in [-0.1, -0.05) is 11.3 Å². The van der Waals surface area contributed by atoms with Crippen molar-refractivity contribution in [3.8, 4) is 5.75 Å². The van der Waals surface area contributed by atoms with Crippen molar-refractivity contribution in [1.82, 2.24) is 14.6 Å². The number of rotatable bonds is 2. The Kier molecular flexibility index (Phi) is 2.78. The van der Waals surface area contributed by atoms with Crippen molar-refractivity contribution in [1.29, 1.82) is 0 Å². The number of carbonyl (C=O) groups is 2. The Morgan fingerprint density at radius 2 is 1.83 bits per heavy atom. The summed E-state index contributed by atoms with van der Waals surface area (Å²) in [5, 5.41) is 3.89. The number of carbonyl (C=O) groups excluding carboxylic acids is 2. The number of anilines is 1. The molecule has 2 amide bonds. The summed E-state index contributed by atoms with van der Waals surface area (Å²) in [5.74, 6) is -0.337. The van der Waals surface area contributed by atoms with Crippen LogP contribution in [-0.2, 0) is 0 Å². The molecule has 23 heavy (non-hydrogen) atoms. The van der Waals surface area contributed by atoms with Crippen molar-refractivity contribution in [2.45, 2.75) is 0 Å². The van der Waals surface area contributed by atoms with E-state index in [4.69, 9.17) is 4.74 Å². The van der Waals surface area contributed by atoms with E-state index in [2.05, 4.69) is 10.1 Å². The molecular weight excluding hydrogens is 320 g/mol. The minimum atomic E-state index is -0.517. The van der Waals surface area contributed by atoms with E-state index in [1.165, 1.54) is 11.6 Å². The number of ether oxygens (including phenoxy) is 1. The first-order chi connectivity index (χ1) is 11.1. The molecule has 1 aliphatic rings. The Balaban J connectivity index is 1.84. The predicted octanol–water partition coefficient (Wildman–Crippen LogP) is 0.960. The van der Waals surface area contributed by atoms with Gasteiger partial charge in [-0.2, -0.15) is 14.6 Å². The highest BCUT2D eigenvalue weighted by Gasteiger charge is 2.41. The minimum absolute atomic E-state index is 0.123. The van der Waals surface area contributed by atoms with E-state index in [1.54, 1.807) is 24.3 Å². The fraction of sp³-hybridized carbons (Fsp3) is 0.0714. The second-order valence-electron chi connectivity index (χ2n) is 4.71. The largest absolute Gasteiger partial charge is 0.497 e. The van der Waals surface area contributed by atoms with E-state index < -0.39 is 17.4 Å². The van der Waals surface area contributed by atoms with E-state index in [1.807, 2.05) is 0 Å². The molecule has 8 nitrogen and oxygen atoms in total. The van der Waals surface area contributed by atoms with Gasteiger partial charge < -0.3 is 4.74 Å². The lowest BCUT2D eigenvalue weighted by atomic mass is 10.3. The summed E-state index contributed by atoms with van der Waals surface area (Å²) in [6.07, 6.45) is 1.01. The number of aromatic nitrogens is 3. The third-order valence-electron chi connectivity index (χ3n) is 3.42. The summed E-state index contributed by atoms with van der Waals surface area (Å²) in [7, 11) is 1.53. The number of hydrogen-bond donors (Lipinski definition) is 0. The van der Waals surface area contributed by atoms with Gasteiger partial charge in [0.1, 0.15) is 16.8 Å². The number of imide groups is 1. The molecule has 114 valence electrons. The third kappa shape index (κ3) is 1.87. The van der Waals surface area contributed by atoms with Gasteiger partial charge in [0, 0.05) is 0 Å². The van der Waals surface area contributed by atoms with E-state index in [0.717, 1.165) is 22.4 Å². The Bertz CT molecular complexity index is 1020. The average Bonchev–Trinajstić information content (AvgIpc) is 3.04. The molecule has 2 aromatic heterocycles. The van der Waals surface area contributed by atoms with Crippen LogP contribution in [0.2, 0.25) is 0 Å². The summed E-state index contributed by atoms with van der Waals surface area (Å²) < 4.78 is 6.29. The lowest BCUT2D eigenvalue weighted by Gasteiger charge is -2.14. The molecule has 0 spiro atoms. The molecule has 0 saturated heterocycles. The number of benzene rings is 1. The van der Waals surface area contributed by atoms with Crippen LogP contribution in [-0.4, -0.2) is 33.5 Å². The molecule has 4 rings (SSSR count). The van der Waals surface area contributed by atoms with Gasteiger partial charge in [-0.05, 0) is 24.3 Å². The van der Waals surface area contributed by atoms with Crippen LogP contribution in [0.1, 0.15) is 20.2 Å². The topological polar surface area (TPSA) is 93.9 Å². The van der Waals surface area contributed by atoms with Gasteiger partial charge >= 0.3 is 0 Å². The molecule has 0 aliphatic carbocycles. The monoisotopic (exact) mass is 328 g/mol. The lowest BCUT2D eigenvalue weighted by molar-refractivity contribution is 0.0924. The van der Waals surface area contributed by atoms with Crippen LogP contribution in [0.4, 0.5) is 5.69 Å². The van der Waals surface area contributed by atoms with Crippen LogP contribution in [0.25, 0.3) is 4.96 Å². The second kappa shape index (κ2) is 4.71. The number of hydrogen-bond acceptors (Lipinski definition) is 7. The highest BCUT2D eigenvalue weighted by atomic mass is 32.1. The molecule has 0 fully saturated rings. The number of fused-ring (bicyclic) bond motifs is 3. The van der Waals surface area contributed by atoms with Crippen LogP contribution < -0.4 is 15.2 Å². The van der Waals surface area contributed by atoms with E-state index in [0.29, 0.717) is 11.4 Å². The average molecular weight is 328 g/mol. The quantitative estimate of drug-likeness (QED) is 0.650. The van der Waals surface area contributed by atoms with Crippen LogP contribution >= 0.6 is 11.3 Å². The number of methoxy groups -OCH3 is 1. The lowest BCUT2D eigenvalue weighted by Crippen LogP contribution is -2.30. The molecule has 0 bridgehead atoms. The van der Waals surface area contributed by atoms with Crippen molar-refractivity contribution in [3.05, 3.63) is 51.4 Å². The van der Waals surface area contributed by atoms with Crippen molar-refractivity contribution in [2.24, 2.45) is 0 Å². The van der Waals surface area contributed by atoms with Crippen molar-refractivity contribution in [3.63, 3.8) is 0 Å². The molecule has 3 aromatic rings. The van der Waals surface area contributed by atoms with E-state index in [9.17, 15) is 14.4 Å². The number of thiazole rings is 1. The fourth-order valence-electron chi connectivity index (χ4n) is 2.38. The maximum Gasteiger partial charge on any atom is 0.292 e. The first-order valence-electron chi connectivity index (χ1n) is 6.52. The SMILES string of the molecule is COc1ccc(N2C(=O)c3sc4nc(=O)cnn4c3C2=O)cc1. The Morgan fingerprint density at radius 1 is 1.09 bits per heavy atom. The molecule has 0 unspecified atom stereocenters. The van der Waals surface area contributed by atoms with Crippen LogP contribution in [0, 0.1) is 0 Å². The van der Waals surface area contributed by atoms with Crippen LogP contribution in [0.5, 0.6) is 5.75 Å². The normalized spacial score (nSPS) is 13.7. The van der Waals surface area contributed by atoms with Crippen molar-refractivity contribution >= 4 is 33.8 Å². The van der Waals surface area contributed by atoms with Gasteiger partial charge in [0.2, 0.25) is 4.96 Å². The minimum Gasteiger partial charge on any atom is -0.497 e. The molecule has 1 aliphatic heterocycles. The third-order valence-corrected chi connectivity index (χ3v) is 4.44. The van der Waals surface area contributed by atoms with Gasteiger partial charge in [0.25, 0.3) is 17.4 Å². The first kappa shape index (κ1) is 13.6. The van der Waals surface area contributed by atoms with Gasteiger partial charge in [0.05, 0.1) is 12.8 Å². The first-order valence-corrected chi connectivity index (χ1v) is 7.33. The van der Waals surface area contributed by atoms with Gasteiger partial charge in [-0.3, -0.25) is 14.4 Å². The molecule has 0 atom stereocenters. The predicted molar refractivity (Wildman–Crippen MR) is 81.3 cm³/mol. The van der Waals surface area contributed by atoms with Crippen molar-refractivity contribution < 1.29 is 14.3 Å². The zero-order valence-corrected chi connectivity index (χ0v) is 12.5. The van der Waals surface area contributed by atoms with Crippen molar-refractivity contribution in [2.75, 3.05) is 12.0 Å². The Hall–Kier alpha value is -3.07. The molecular formula is C14H8N4O4S. The highest BCUT2D eigenvalue weighted by molar-refractivity contribution is 7.19. The summed E-state index contributed by atoms with van der Waals surface area (Å²) >= 11 is 0.971. The molecule has 9 heteroatoms. The highest BCUT2D eigenvalue weighted by Crippen LogP contribution is 2.33. The Morgan fingerprint density at radius 3 is 2.52 bits per heavy atom. The fourth-order valence-corrected chi connectivity index (χ4v) is 3.37. The zero-order chi connectivity index (χ0) is 16.1. The van der Waals surface area contributed by atoms with E-state index >= 15 is 0 Å². The van der Waals surface area contributed by atoms with Crippen LogP contribution in [0.3, 0.4) is 0 Å². The smallest absolute Gasteiger partial charge is 0.292 e.